The molecule has 0 unspecified atom stereocenters. The molecule has 0 aliphatic heterocycles. The third-order valence-electron chi connectivity index (χ3n) is 1.74. The maximum Gasteiger partial charge on any atom is 0.123 e. The zero-order valence-corrected chi connectivity index (χ0v) is 8.36. The highest BCUT2D eigenvalue weighted by Gasteiger charge is 1.99. The van der Waals surface area contributed by atoms with Gasteiger partial charge in [-0.05, 0) is 29.7 Å². The summed E-state index contributed by atoms with van der Waals surface area (Å²) < 4.78 is 24.8. The third-order valence-corrected chi connectivity index (χ3v) is 1.74. The third kappa shape index (κ3) is 3.85. The van der Waals surface area contributed by atoms with Crippen LogP contribution >= 0.6 is 12.4 Å². The van der Waals surface area contributed by atoms with E-state index in [0.29, 0.717) is 18.3 Å². The van der Waals surface area contributed by atoms with E-state index in [4.69, 9.17) is 5.73 Å². The van der Waals surface area contributed by atoms with Crippen molar-refractivity contribution in [3.63, 3.8) is 0 Å². The first-order chi connectivity index (χ1) is 6.26. The first kappa shape index (κ1) is 13.1. The minimum atomic E-state index is -0.312. The lowest BCUT2D eigenvalue weighted by Gasteiger charge is -2.02. The standard InChI is InChI=1S/C10H11F2N.ClH/c11-6-9(7-13)4-8-2-1-3-10(12)5-8;/h1-3,5-6H,4,7,13H2;1H. The maximum absolute atomic E-state index is 12.7. The van der Waals surface area contributed by atoms with E-state index in [9.17, 15) is 8.78 Å². The first-order valence-electron chi connectivity index (χ1n) is 3.99. The van der Waals surface area contributed by atoms with Crippen LogP contribution in [0.2, 0.25) is 0 Å². The van der Waals surface area contributed by atoms with E-state index in [1.54, 1.807) is 12.1 Å². The number of hydrogen-bond donors (Lipinski definition) is 1. The molecular formula is C10H12ClF2N. The van der Waals surface area contributed by atoms with E-state index in [0.717, 1.165) is 5.56 Å². The fourth-order valence-corrected chi connectivity index (χ4v) is 1.06. The molecule has 14 heavy (non-hydrogen) atoms. The second kappa shape index (κ2) is 6.51. The minimum Gasteiger partial charge on any atom is -0.327 e. The van der Waals surface area contributed by atoms with E-state index in [1.807, 2.05) is 0 Å². The van der Waals surface area contributed by atoms with Crippen LogP contribution < -0.4 is 5.73 Å². The Kier molecular flexibility index (Phi) is 6.08. The summed E-state index contributed by atoms with van der Waals surface area (Å²) in [6.45, 7) is 0.160. The monoisotopic (exact) mass is 219 g/mol. The molecule has 0 aromatic heterocycles. The lowest BCUT2D eigenvalue weighted by molar-refractivity contribution is 0.625. The molecule has 0 radical (unpaired) electrons. The molecule has 1 aromatic carbocycles. The van der Waals surface area contributed by atoms with E-state index >= 15 is 0 Å². The molecular weight excluding hydrogens is 208 g/mol. The Labute approximate surface area is 88.0 Å². The quantitative estimate of drug-likeness (QED) is 0.831. The summed E-state index contributed by atoms with van der Waals surface area (Å²) in [4.78, 5) is 0. The molecule has 1 aromatic rings. The molecule has 0 heterocycles. The molecule has 0 atom stereocenters. The summed E-state index contributed by atoms with van der Waals surface area (Å²) in [6.07, 6.45) is 0.843. The molecule has 78 valence electrons. The van der Waals surface area contributed by atoms with E-state index in [2.05, 4.69) is 0 Å². The SMILES string of the molecule is Cl.NCC(=CF)Cc1cccc(F)c1. The van der Waals surface area contributed by atoms with E-state index < -0.39 is 0 Å². The molecule has 0 saturated carbocycles. The van der Waals surface area contributed by atoms with Crippen molar-refractivity contribution in [2.75, 3.05) is 6.54 Å². The summed E-state index contributed by atoms with van der Waals surface area (Å²) >= 11 is 0. The van der Waals surface area contributed by atoms with Gasteiger partial charge in [-0.3, -0.25) is 0 Å². The Morgan fingerprint density at radius 1 is 1.43 bits per heavy atom. The molecule has 0 fully saturated rings. The van der Waals surface area contributed by atoms with Crippen LogP contribution in [0, 0.1) is 5.82 Å². The van der Waals surface area contributed by atoms with Gasteiger partial charge in [0.1, 0.15) is 5.82 Å². The molecule has 1 rings (SSSR count). The van der Waals surface area contributed by atoms with Crippen molar-refractivity contribution < 1.29 is 8.78 Å². The van der Waals surface area contributed by atoms with Crippen LogP contribution in [0.25, 0.3) is 0 Å². The molecule has 0 aliphatic carbocycles. The summed E-state index contributed by atoms with van der Waals surface area (Å²) in [5, 5.41) is 0. The van der Waals surface area contributed by atoms with Crippen molar-refractivity contribution in [1.82, 2.24) is 0 Å². The Bertz CT molecular complexity index is 313. The predicted molar refractivity (Wildman–Crippen MR) is 55.6 cm³/mol. The molecule has 0 bridgehead atoms. The van der Waals surface area contributed by atoms with Crippen LogP contribution in [0.3, 0.4) is 0 Å². The van der Waals surface area contributed by atoms with Crippen molar-refractivity contribution in [3.8, 4) is 0 Å². The smallest absolute Gasteiger partial charge is 0.123 e. The minimum absolute atomic E-state index is 0. The largest absolute Gasteiger partial charge is 0.327 e. The molecule has 2 N–H and O–H groups in total. The highest BCUT2D eigenvalue weighted by molar-refractivity contribution is 5.85. The fraction of sp³-hybridized carbons (Fsp3) is 0.200. The van der Waals surface area contributed by atoms with Crippen molar-refractivity contribution in [3.05, 3.63) is 47.5 Å². The topological polar surface area (TPSA) is 26.0 Å². The summed E-state index contributed by atoms with van der Waals surface area (Å²) in [5.74, 6) is -0.312. The van der Waals surface area contributed by atoms with Crippen LogP contribution in [-0.2, 0) is 6.42 Å². The van der Waals surface area contributed by atoms with Gasteiger partial charge in [-0.1, -0.05) is 12.1 Å². The van der Waals surface area contributed by atoms with Gasteiger partial charge in [0.25, 0.3) is 0 Å². The molecule has 0 amide bonds. The maximum atomic E-state index is 12.7. The van der Waals surface area contributed by atoms with Crippen LogP contribution in [0.1, 0.15) is 5.56 Å². The van der Waals surface area contributed by atoms with Gasteiger partial charge in [-0.15, -0.1) is 12.4 Å². The molecule has 4 heteroatoms. The Balaban J connectivity index is 0.00000169. The fourth-order valence-electron chi connectivity index (χ4n) is 1.06. The average Bonchev–Trinajstić information content (AvgIpc) is 2.14. The van der Waals surface area contributed by atoms with Crippen LogP contribution in [-0.4, -0.2) is 6.54 Å². The predicted octanol–water partition coefficient (Wildman–Crippen LogP) is 2.60. The van der Waals surface area contributed by atoms with Gasteiger partial charge in [0.15, 0.2) is 0 Å². The van der Waals surface area contributed by atoms with E-state index in [-0.39, 0.29) is 24.8 Å². The van der Waals surface area contributed by atoms with Gasteiger partial charge in [-0.2, -0.15) is 0 Å². The summed E-state index contributed by atoms with van der Waals surface area (Å²) in [5.41, 5.74) is 6.46. The van der Waals surface area contributed by atoms with Gasteiger partial charge in [0.2, 0.25) is 0 Å². The van der Waals surface area contributed by atoms with Gasteiger partial charge in [-0.25, -0.2) is 8.78 Å². The molecule has 0 saturated heterocycles. The lowest BCUT2D eigenvalue weighted by atomic mass is 10.1. The van der Waals surface area contributed by atoms with Crippen molar-refractivity contribution in [1.29, 1.82) is 0 Å². The van der Waals surface area contributed by atoms with Crippen molar-refractivity contribution >= 4 is 12.4 Å². The second-order valence-corrected chi connectivity index (χ2v) is 2.78. The summed E-state index contributed by atoms with van der Waals surface area (Å²) in [7, 11) is 0. The van der Waals surface area contributed by atoms with E-state index in [1.165, 1.54) is 12.1 Å². The Morgan fingerprint density at radius 2 is 2.14 bits per heavy atom. The highest BCUT2D eigenvalue weighted by atomic mass is 35.5. The molecule has 0 spiro atoms. The molecule has 0 aliphatic rings. The van der Waals surface area contributed by atoms with Crippen molar-refractivity contribution in [2.45, 2.75) is 6.42 Å². The van der Waals surface area contributed by atoms with Gasteiger partial charge in [0.05, 0.1) is 6.33 Å². The number of halogens is 3. The number of rotatable bonds is 3. The van der Waals surface area contributed by atoms with Gasteiger partial charge >= 0.3 is 0 Å². The normalized spacial score (nSPS) is 10.9. The van der Waals surface area contributed by atoms with Crippen LogP contribution in [0.15, 0.2) is 36.2 Å². The Morgan fingerprint density at radius 3 is 2.64 bits per heavy atom. The Hall–Kier alpha value is -0.930. The number of hydrogen-bond acceptors (Lipinski definition) is 1. The van der Waals surface area contributed by atoms with Gasteiger partial charge < -0.3 is 5.73 Å². The first-order valence-corrected chi connectivity index (χ1v) is 3.99. The second-order valence-electron chi connectivity index (χ2n) is 2.78. The highest BCUT2D eigenvalue weighted by Crippen LogP contribution is 2.09. The van der Waals surface area contributed by atoms with Crippen LogP contribution in [0.4, 0.5) is 8.78 Å². The summed E-state index contributed by atoms with van der Waals surface area (Å²) in [6, 6.07) is 6.06. The van der Waals surface area contributed by atoms with Crippen LogP contribution in [0.5, 0.6) is 0 Å². The van der Waals surface area contributed by atoms with Gasteiger partial charge in [0, 0.05) is 6.54 Å². The lowest BCUT2D eigenvalue weighted by Crippen LogP contribution is -2.05. The zero-order chi connectivity index (χ0) is 9.68. The number of nitrogens with two attached hydrogens (primary N) is 1. The molecule has 1 nitrogen and oxygen atoms in total. The average molecular weight is 220 g/mol. The van der Waals surface area contributed by atoms with Crippen molar-refractivity contribution in [2.24, 2.45) is 5.73 Å². The zero-order valence-electron chi connectivity index (χ0n) is 7.54. The number of benzene rings is 1.